The summed E-state index contributed by atoms with van der Waals surface area (Å²) in [6.45, 7) is 6.47. The minimum Gasteiger partial charge on any atom is -0.348 e. The Hall–Kier alpha value is -2.50. The molecule has 1 aliphatic carbocycles. The van der Waals surface area contributed by atoms with Gasteiger partial charge in [0.25, 0.3) is 11.5 Å². The molecule has 1 heterocycles. The molecule has 3 rings (SSSR count). The van der Waals surface area contributed by atoms with Gasteiger partial charge in [0.2, 0.25) is 0 Å². The molecule has 144 valence electrons. The van der Waals surface area contributed by atoms with Crippen LogP contribution in [0.25, 0.3) is 0 Å². The van der Waals surface area contributed by atoms with Crippen molar-refractivity contribution in [2.45, 2.75) is 52.1 Å². The highest BCUT2D eigenvalue weighted by Crippen LogP contribution is 2.41. The number of rotatable bonds is 6. The minimum absolute atomic E-state index is 0.0590. The zero-order valence-electron chi connectivity index (χ0n) is 15.8. The summed E-state index contributed by atoms with van der Waals surface area (Å²) >= 11 is 0. The van der Waals surface area contributed by atoms with E-state index >= 15 is 0 Å². The van der Waals surface area contributed by atoms with Gasteiger partial charge < -0.3 is 9.88 Å². The molecular weight excluding hydrogens is 350 g/mol. The molecule has 27 heavy (non-hydrogen) atoms. The molecule has 1 aliphatic rings. The molecule has 1 amide bonds. The second-order valence-electron chi connectivity index (χ2n) is 7.65. The maximum absolute atomic E-state index is 13.4. The van der Waals surface area contributed by atoms with Crippen LogP contribution in [0.1, 0.15) is 54.1 Å². The van der Waals surface area contributed by atoms with E-state index < -0.39 is 17.5 Å². The number of aromatic nitrogens is 1. The van der Waals surface area contributed by atoms with Crippen molar-refractivity contribution in [1.29, 1.82) is 0 Å². The Bertz CT molecular complexity index is 921. The highest BCUT2D eigenvalue weighted by molar-refractivity contribution is 5.95. The molecule has 0 unspecified atom stereocenters. The van der Waals surface area contributed by atoms with Crippen molar-refractivity contribution < 1.29 is 13.6 Å². The Balaban J connectivity index is 1.72. The Labute approximate surface area is 157 Å². The van der Waals surface area contributed by atoms with Gasteiger partial charge in [0.1, 0.15) is 5.56 Å². The number of benzene rings is 1. The van der Waals surface area contributed by atoms with E-state index in [9.17, 15) is 18.4 Å². The first-order valence-electron chi connectivity index (χ1n) is 9.23. The van der Waals surface area contributed by atoms with Gasteiger partial charge in [-0.3, -0.25) is 9.59 Å². The number of nitrogens with zero attached hydrogens (tertiary/aromatic N) is 1. The first kappa shape index (κ1) is 19.3. The molecule has 0 saturated heterocycles. The van der Waals surface area contributed by atoms with E-state index in [1.54, 1.807) is 23.8 Å². The van der Waals surface area contributed by atoms with E-state index in [0.717, 1.165) is 12.5 Å². The Morgan fingerprint density at radius 3 is 2.67 bits per heavy atom. The molecular formula is C21H24F2N2O2. The van der Waals surface area contributed by atoms with E-state index in [0.29, 0.717) is 30.0 Å². The normalized spacial score (nSPS) is 18.6. The third-order valence-electron chi connectivity index (χ3n) is 5.03. The van der Waals surface area contributed by atoms with Gasteiger partial charge in [-0.05, 0) is 55.0 Å². The van der Waals surface area contributed by atoms with Crippen LogP contribution in [0.15, 0.2) is 35.3 Å². The van der Waals surface area contributed by atoms with Crippen molar-refractivity contribution in [1.82, 2.24) is 9.88 Å². The maximum Gasteiger partial charge on any atom is 0.263 e. The van der Waals surface area contributed by atoms with Crippen molar-refractivity contribution >= 4 is 5.91 Å². The van der Waals surface area contributed by atoms with Crippen molar-refractivity contribution in [2.75, 3.05) is 0 Å². The topological polar surface area (TPSA) is 51.1 Å². The summed E-state index contributed by atoms with van der Waals surface area (Å²) in [6.07, 6.45) is 3.22. The highest BCUT2D eigenvalue weighted by atomic mass is 19.2. The second-order valence-corrected chi connectivity index (χ2v) is 7.65. The zero-order valence-corrected chi connectivity index (χ0v) is 15.8. The summed E-state index contributed by atoms with van der Waals surface area (Å²) in [7, 11) is 0. The monoisotopic (exact) mass is 374 g/mol. The van der Waals surface area contributed by atoms with Gasteiger partial charge in [0.05, 0.1) is 0 Å². The van der Waals surface area contributed by atoms with Gasteiger partial charge >= 0.3 is 0 Å². The molecule has 1 aromatic heterocycles. The average molecular weight is 374 g/mol. The van der Waals surface area contributed by atoms with Gasteiger partial charge in [-0.15, -0.1) is 0 Å². The fraction of sp³-hybridized carbons (Fsp3) is 0.429. The summed E-state index contributed by atoms with van der Waals surface area (Å²) in [4.78, 5) is 25.4. The molecule has 2 atom stereocenters. The lowest BCUT2D eigenvalue weighted by atomic mass is 10.1. The molecule has 0 aliphatic heterocycles. The van der Waals surface area contributed by atoms with Gasteiger partial charge in [-0.2, -0.15) is 0 Å². The van der Waals surface area contributed by atoms with Crippen LogP contribution in [-0.4, -0.2) is 16.5 Å². The average Bonchev–Trinajstić information content (AvgIpc) is 3.35. The zero-order chi connectivity index (χ0) is 19.7. The lowest BCUT2D eigenvalue weighted by Gasteiger charge is -2.12. The molecule has 2 aromatic rings. The summed E-state index contributed by atoms with van der Waals surface area (Å²) < 4.78 is 28.0. The summed E-state index contributed by atoms with van der Waals surface area (Å²) in [5, 5.41) is 2.86. The molecule has 0 bridgehead atoms. The van der Waals surface area contributed by atoms with Crippen LogP contribution in [0, 0.1) is 24.5 Å². The van der Waals surface area contributed by atoms with Crippen molar-refractivity contribution in [3.63, 3.8) is 0 Å². The third-order valence-corrected chi connectivity index (χ3v) is 5.03. The van der Waals surface area contributed by atoms with Gasteiger partial charge in [0, 0.05) is 24.7 Å². The molecule has 1 N–H and O–H groups in total. The lowest BCUT2D eigenvalue weighted by Crippen LogP contribution is -2.35. The molecule has 0 radical (unpaired) electrons. The van der Waals surface area contributed by atoms with Crippen LogP contribution in [0.5, 0.6) is 0 Å². The standard InChI is InChI=1S/C21H24F2N2O2/c1-12(2)6-8-25-9-7-13(3)19(21(25)27)20(26)24-18-11-15(18)14-4-5-16(22)17(23)10-14/h4-5,7,9-10,12,15,18H,6,8,11H2,1-3H3,(H,24,26)/t15-,18+/m1/s1. The first-order valence-corrected chi connectivity index (χ1v) is 9.23. The van der Waals surface area contributed by atoms with Crippen LogP contribution < -0.4 is 10.9 Å². The Kier molecular flexibility index (Phi) is 5.44. The maximum atomic E-state index is 13.4. The number of hydrogen-bond donors (Lipinski definition) is 1. The van der Waals surface area contributed by atoms with E-state index in [4.69, 9.17) is 0 Å². The van der Waals surface area contributed by atoms with Gasteiger partial charge in [0.15, 0.2) is 11.6 Å². The minimum atomic E-state index is -0.892. The number of halogens is 2. The molecule has 1 fully saturated rings. The largest absolute Gasteiger partial charge is 0.348 e. The predicted molar refractivity (Wildman–Crippen MR) is 99.9 cm³/mol. The molecule has 1 saturated carbocycles. The van der Waals surface area contributed by atoms with Crippen LogP contribution in [0.4, 0.5) is 8.78 Å². The van der Waals surface area contributed by atoms with E-state index in [1.165, 1.54) is 12.1 Å². The van der Waals surface area contributed by atoms with Gasteiger partial charge in [-0.25, -0.2) is 8.78 Å². The fourth-order valence-corrected chi connectivity index (χ4v) is 3.22. The number of nitrogens with one attached hydrogen (secondary N) is 1. The van der Waals surface area contributed by atoms with Crippen LogP contribution in [0.2, 0.25) is 0 Å². The number of amides is 1. The van der Waals surface area contributed by atoms with Crippen LogP contribution in [0.3, 0.4) is 0 Å². The van der Waals surface area contributed by atoms with E-state index in [-0.39, 0.29) is 23.1 Å². The smallest absolute Gasteiger partial charge is 0.263 e. The van der Waals surface area contributed by atoms with E-state index in [1.807, 2.05) is 0 Å². The Morgan fingerprint density at radius 2 is 2.00 bits per heavy atom. The second kappa shape index (κ2) is 7.62. The summed E-state index contributed by atoms with van der Waals surface area (Å²) in [5.74, 6) is -1.79. The predicted octanol–water partition coefficient (Wildman–Crippen LogP) is 3.77. The number of carbonyl (C=O) groups excluding carboxylic acids is 1. The first-order chi connectivity index (χ1) is 12.8. The van der Waals surface area contributed by atoms with E-state index in [2.05, 4.69) is 19.2 Å². The molecule has 0 spiro atoms. The van der Waals surface area contributed by atoms with Crippen LogP contribution >= 0.6 is 0 Å². The molecule has 1 aromatic carbocycles. The van der Waals surface area contributed by atoms with Crippen molar-refractivity contribution in [2.24, 2.45) is 5.92 Å². The highest BCUT2D eigenvalue weighted by Gasteiger charge is 2.40. The van der Waals surface area contributed by atoms with Gasteiger partial charge in [-0.1, -0.05) is 19.9 Å². The Morgan fingerprint density at radius 1 is 1.26 bits per heavy atom. The number of hydrogen-bond acceptors (Lipinski definition) is 2. The van der Waals surface area contributed by atoms with Crippen molar-refractivity contribution in [3.8, 4) is 0 Å². The number of carbonyl (C=O) groups is 1. The third kappa shape index (κ3) is 4.26. The summed E-state index contributed by atoms with van der Waals surface area (Å²) in [6, 6.07) is 5.39. The van der Waals surface area contributed by atoms with Crippen molar-refractivity contribution in [3.05, 3.63) is 69.1 Å². The number of aryl methyl sites for hydroxylation is 2. The quantitative estimate of drug-likeness (QED) is 0.837. The lowest BCUT2D eigenvalue weighted by molar-refractivity contribution is 0.0947. The summed E-state index contributed by atoms with van der Waals surface area (Å²) in [5.41, 5.74) is 1.14. The van der Waals surface area contributed by atoms with Crippen LogP contribution in [-0.2, 0) is 6.54 Å². The fourth-order valence-electron chi connectivity index (χ4n) is 3.22. The number of pyridine rings is 1. The molecule has 6 heteroatoms. The SMILES string of the molecule is Cc1ccn(CCC(C)C)c(=O)c1C(=O)N[C@H]1C[C@@H]1c1ccc(F)c(F)c1. The molecule has 4 nitrogen and oxygen atoms in total.